The Labute approximate surface area is 127 Å². The lowest BCUT2D eigenvalue weighted by atomic mass is 9.84. The standard InChI is InChI=1S/C14H20IN3O/c1-8(11-6-9-3-4-10(11)5-9)17-14(19)13-12(15)7-16-18(13)2/h7-11H,3-6H2,1-2H3,(H,17,19)/t8-,9-,10-,11-/m1/s1. The zero-order valence-corrected chi connectivity index (χ0v) is 13.6. The molecule has 4 nitrogen and oxygen atoms in total. The van der Waals surface area contributed by atoms with Gasteiger partial charge in [0.25, 0.3) is 5.91 Å². The van der Waals surface area contributed by atoms with Crippen molar-refractivity contribution in [2.45, 2.75) is 38.6 Å². The molecule has 5 heteroatoms. The number of rotatable bonds is 3. The molecule has 2 fully saturated rings. The van der Waals surface area contributed by atoms with Gasteiger partial charge in [-0.2, -0.15) is 5.10 Å². The molecular formula is C14H20IN3O. The molecule has 3 rings (SSSR count). The van der Waals surface area contributed by atoms with Gasteiger partial charge in [0.1, 0.15) is 5.69 Å². The number of carbonyl (C=O) groups is 1. The molecule has 0 aromatic carbocycles. The molecule has 4 atom stereocenters. The van der Waals surface area contributed by atoms with Gasteiger partial charge in [0.15, 0.2) is 0 Å². The zero-order valence-electron chi connectivity index (χ0n) is 11.4. The molecule has 2 aliphatic carbocycles. The fraction of sp³-hybridized carbons (Fsp3) is 0.714. The van der Waals surface area contributed by atoms with Crippen molar-refractivity contribution in [2.75, 3.05) is 0 Å². The molecular weight excluding hydrogens is 353 g/mol. The molecule has 19 heavy (non-hydrogen) atoms. The summed E-state index contributed by atoms with van der Waals surface area (Å²) in [6, 6.07) is 0.272. The maximum atomic E-state index is 12.3. The predicted molar refractivity (Wildman–Crippen MR) is 81.8 cm³/mol. The second-order valence-corrected chi connectivity index (χ2v) is 7.23. The summed E-state index contributed by atoms with van der Waals surface area (Å²) in [5.74, 6) is 2.45. The second kappa shape index (κ2) is 5.07. The number of fused-ring (bicyclic) bond motifs is 2. The summed E-state index contributed by atoms with van der Waals surface area (Å²) in [5.41, 5.74) is 0.676. The molecule has 1 aromatic rings. The first kappa shape index (κ1) is 13.4. The average molecular weight is 373 g/mol. The number of carbonyl (C=O) groups excluding carboxylic acids is 1. The van der Waals surface area contributed by atoms with Crippen LogP contribution in [0.4, 0.5) is 0 Å². The molecule has 104 valence electrons. The Kier molecular flexibility index (Phi) is 3.57. The van der Waals surface area contributed by atoms with E-state index < -0.39 is 0 Å². The summed E-state index contributed by atoms with van der Waals surface area (Å²) in [6.07, 6.45) is 7.18. The highest BCUT2D eigenvalue weighted by Crippen LogP contribution is 2.49. The second-order valence-electron chi connectivity index (χ2n) is 6.07. The van der Waals surface area contributed by atoms with Crippen LogP contribution in [0.1, 0.15) is 43.1 Å². The van der Waals surface area contributed by atoms with Gasteiger partial charge in [0, 0.05) is 13.1 Å². The first-order valence-electron chi connectivity index (χ1n) is 7.04. The van der Waals surface area contributed by atoms with Crippen LogP contribution in [0.5, 0.6) is 0 Å². The van der Waals surface area contributed by atoms with Crippen molar-refractivity contribution >= 4 is 28.5 Å². The van der Waals surface area contributed by atoms with Gasteiger partial charge >= 0.3 is 0 Å². The zero-order chi connectivity index (χ0) is 13.6. The van der Waals surface area contributed by atoms with Crippen LogP contribution in [0, 0.1) is 21.3 Å². The number of hydrogen-bond acceptors (Lipinski definition) is 2. The Balaban J connectivity index is 1.67. The van der Waals surface area contributed by atoms with Gasteiger partial charge < -0.3 is 5.32 Å². The fourth-order valence-electron chi connectivity index (χ4n) is 3.95. The minimum absolute atomic E-state index is 0.0136. The van der Waals surface area contributed by atoms with Crippen LogP contribution >= 0.6 is 22.6 Å². The van der Waals surface area contributed by atoms with Gasteiger partial charge in [-0.25, -0.2) is 0 Å². The highest BCUT2D eigenvalue weighted by molar-refractivity contribution is 14.1. The van der Waals surface area contributed by atoms with E-state index in [4.69, 9.17) is 0 Å². The quantitative estimate of drug-likeness (QED) is 0.828. The summed E-state index contributed by atoms with van der Waals surface area (Å²) in [6.45, 7) is 2.16. The largest absolute Gasteiger partial charge is 0.348 e. The van der Waals surface area contributed by atoms with Crippen molar-refractivity contribution in [3.05, 3.63) is 15.5 Å². The normalized spacial score (nSPS) is 30.6. The van der Waals surface area contributed by atoms with Crippen molar-refractivity contribution < 1.29 is 4.79 Å². The lowest BCUT2D eigenvalue weighted by Crippen LogP contribution is -2.41. The van der Waals surface area contributed by atoms with Crippen LogP contribution in [-0.2, 0) is 7.05 Å². The molecule has 0 saturated heterocycles. The third kappa shape index (κ3) is 2.41. The molecule has 2 aliphatic rings. The third-order valence-corrected chi connectivity index (χ3v) is 5.69. The number of halogens is 1. The van der Waals surface area contributed by atoms with Gasteiger partial charge in [-0.3, -0.25) is 9.48 Å². The molecule has 1 heterocycles. The van der Waals surface area contributed by atoms with Crippen LogP contribution in [0.2, 0.25) is 0 Å². The first-order valence-corrected chi connectivity index (χ1v) is 8.12. The molecule has 0 spiro atoms. The number of aryl methyl sites for hydroxylation is 1. The lowest BCUT2D eigenvalue weighted by molar-refractivity contribution is 0.0904. The van der Waals surface area contributed by atoms with Gasteiger partial charge in [-0.1, -0.05) is 6.42 Å². The Morgan fingerprint density at radius 2 is 2.32 bits per heavy atom. The number of hydrogen-bond donors (Lipinski definition) is 1. The SMILES string of the molecule is C[C@@H](NC(=O)c1c(I)cnn1C)[C@H]1C[C@@H]2CC[C@@H]1C2. The van der Waals surface area contributed by atoms with E-state index in [2.05, 4.69) is 39.9 Å². The monoisotopic (exact) mass is 373 g/mol. The van der Waals surface area contributed by atoms with Gasteiger partial charge in [0.2, 0.25) is 0 Å². The number of nitrogens with zero attached hydrogens (tertiary/aromatic N) is 2. The molecule has 0 unspecified atom stereocenters. The van der Waals surface area contributed by atoms with E-state index in [9.17, 15) is 4.79 Å². The first-order chi connectivity index (χ1) is 9.06. The molecule has 1 amide bonds. The van der Waals surface area contributed by atoms with Crippen LogP contribution in [0.15, 0.2) is 6.20 Å². The smallest absolute Gasteiger partial charge is 0.270 e. The molecule has 1 N–H and O–H groups in total. The fourth-order valence-corrected chi connectivity index (χ4v) is 4.67. The molecule has 0 aliphatic heterocycles. The Bertz CT molecular complexity index is 479. The summed E-state index contributed by atoms with van der Waals surface area (Å²) in [4.78, 5) is 12.3. The van der Waals surface area contributed by atoms with Crippen LogP contribution in [0.3, 0.4) is 0 Å². The Morgan fingerprint density at radius 1 is 1.53 bits per heavy atom. The number of nitrogens with one attached hydrogen (secondary N) is 1. The minimum Gasteiger partial charge on any atom is -0.348 e. The van der Waals surface area contributed by atoms with Crippen molar-refractivity contribution in [2.24, 2.45) is 24.8 Å². The van der Waals surface area contributed by atoms with Crippen molar-refractivity contribution in [3.63, 3.8) is 0 Å². The third-order valence-electron chi connectivity index (χ3n) is 4.90. The average Bonchev–Trinajstić information content (AvgIpc) is 3.05. The van der Waals surface area contributed by atoms with E-state index in [1.54, 1.807) is 10.9 Å². The van der Waals surface area contributed by atoms with E-state index in [1.807, 2.05) is 7.05 Å². The van der Waals surface area contributed by atoms with E-state index in [1.165, 1.54) is 25.7 Å². The number of aromatic nitrogens is 2. The highest BCUT2D eigenvalue weighted by Gasteiger charge is 2.42. The molecule has 1 aromatic heterocycles. The van der Waals surface area contributed by atoms with Crippen LogP contribution in [-0.4, -0.2) is 21.7 Å². The van der Waals surface area contributed by atoms with E-state index in [-0.39, 0.29) is 11.9 Å². The summed E-state index contributed by atoms with van der Waals surface area (Å²) >= 11 is 2.17. The predicted octanol–water partition coefficient (Wildman–Crippen LogP) is 2.58. The van der Waals surface area contributed by atoms with E-state index in [0.717, 1.165) is 15.4 Å². The summed E-state index contributed by atoms with van der Waals surface area (Å²) in [5, 5.41) is 7.31. The molecule has 2 bridgehead atoms. The van der Waals surface area contributed by atoms with Gasteiger partial charge in [-0.05, 0) is 66.5 Å². The minimum atomic E-state index is 0.0136. The number of amides is 1. The Morgan fingerprint density at radius 3 is 2.84 bits per heavy atom. The van der Waals surface area contributed by atoms with Gasteiger partial charge in [-0.15, -0.1) is 0 Å². The topological polar surface area (TPSA) is 46.9 Å². The van der Waals surface area contributed by atoms with E-state index in [0.29, 0.717) is 11.6 Å². The Hall–Kier alpha value is -0.590. The van der Waals surface area contributed by atoms with Crippen LogP contribution < -0.4 is 5.32 Å². The van der Waals surface area contributed by atoms with Crippen molar-refractivity contribution in [3.8, 4) is 0 Å². The van der Waals surface area contributed by atoms with E-state index >= 15 is 0 Å². The van der Waals surface area contributed by atoms with Crippen molar-refractivity contribution in [1.82, 2.24) is 15.1 Å². The van der Waals surface area contributed by atoms with Crippen molar-refractivity contribution in [1.29, 1.82) is 0 Å². The summed E-state index contributed by atoms with van der Waals surface area (Å²) < 4.78 is 2.57. The lowest BCUT2D eigenvalue weighted by Gasteiger charge is -2.28. The van der Waals surface area contributed by atoms with Gasteiger partial charge in [0.05, 0.1) is 9.77 Å². The summed E-state index contributed by atoms with van der Waals surface area (Å²) in [7, 11) is 1.82. The maximum Gasteiger partial charge on any atom is 0.270 e. The molecule has 0 radical (unpaired) electrons. The highest BCUT2D eigenvalue weighted by atomic mass is 127. The maximum absolute atomic E-state index is 12.3. The van der Waals surface area contributed by atoms with Crippen LogP contribution in [0.25, 0.3) is 0 Å². The molecule has 2 saturated carbocycles.